The Morgan fingerprint density at radius 2 is 1.60 bits per heavy atom. The van der Waals surface area contributed by atoms with Crippen molar-refractivity contribution in [3.8, 4) is 0 Å². The molecule has 0 radical (unpaired) electrons. The normalized spacial score (nSPS) is 19.4. The highest BCUT2D eigenvalue weighted by Gasteiger charge is 2.45. The van der Waals surface area contributed by atoms with Gasteiger partial charge in [-0.1, -0.05) is 45.8 Å². The molecule has 0 aromatic heterocycles. The van der Waals surface area contributed by atoms with Crippen LogP contribution in [0.4, 0.5) is 0 Å². The van der Waals surface area contributed by atoms with Crippen LogP contribution in [-0.2, 0) is 20.4 Å². The van der Waals surface area contributed by atoms with Crippen molar-refractivity contribution in [2.45, 2.75) is 30.2 Å². The molecule has 2 fully saturated rings. The molecule has 2 aliphatic rings. The highest BCUT2D eigenvalue weighted by atomic mass is 79.9. The van der Waals surface area contributed by atoms with Gasteiger partial charge in [0, 0.05) is 30.7 Å². The van der Waals surface area contributed by atoms with E-state index in [4.69, 9.17) is 0 Å². The number of hydrogen-bond donors (Lipinski definition) is 1. The topological polar surface area (TPSA) is 69.7 Å². The van der Waals surface area contributed by atoms with Crippen LogP contribution >= 0.6 is 15.9 Å². The molecule has 30 heavy (non-hydrogen) atoms. The number of piperazine rings is 1. The Bertz CT molecular complexity index is 1010. The highest BCUT2D eigenvalue weighted by Crippen LogP contribution is 2.45. The van der Waals surface area contributed by atoms with Gasteiger partial charge in [-0.2, -0.15) is 4.31 Å². The Morgan fingerprint density at radius 1 is 1.00 bits per heavy atom. The molecule has 1 N–H and O–H groups in total. The van der Waals surface area contributed by atoms with Crippen molar-refractivity contribution in [1.29, 1.82) is 0 Å². The van der Waals surface area contributed by atoms with E-state index in [1.807, 2.05) is 48.2 Å². The number of amides is 1. The highest BCUT2D eigenvalue weighted by molar-refractivity contribution is 9.10. The largest absolute Gasteiger partial charge is 0.345 e. The van der Waals surface area contributed by atoms with Gasteiger partial charge in [0.05, 0.1) is 17.0 Å². The van der Waals surface area contributed by atoms with E-state index in [-0.39, 0.29) is 18.0 Å². The van der Waals surface area contributed by atoms with Gasteiger partial charge in [-0.25, -0.2) is 8.42 Å². The van der Waals surface area contributed by atoms with Crippen LogP contribution in [0, 0.1) is 6.92 Å². The summed E-state index contributed by atoms with van der Waals surface area (Å²) >= 11 is 3.45. The summed E-state index contributed by atoms with van der Waals surface area (Å²) in [4.78, 5) is 15.0. The molecule has 1 saturated heterocycles. The minimum absolute atomic E-state index is 0.00902. The summed E-state index contributed by atoms with van der Waals surface area (Å²) in [6.45, 7) is 4.09. The minimum Gasteiger partial charge on any atom is -0.345 e. The number of carbonyl (C=O) groups is 1. The molecule has 1 aliphatic heterocycles. The molecule has 8 heteroatoms. The number of sulfonamides is 1. The standard InChI is InChI=1S/C22H26BrN3O3S/c1-17-2-8-20(9-3-17)30(28,29)26-14-12-25(13-15-26)16-21(27)24-22(10-11-22)18-4-6-19(23)7-5-18/h2-9H,10-16H2,1H3,(H,24,27). The maximum absolute atomic E-state index is 12.8. The quantitative estimate of drug-likeness (QED) is 0.674. The molecule has 1 aliphatic carbocycles. The summed E-state index contributed by atoms with van der Waals surface area (Å²) in [6, 6.07) is 15.0. The summed E-state index contributed by atoms with van der Waals surface area (Å²) in [5, 5.41) is 3.20. The molecule has 0 unspecified atom stereocenters. The first-order chi connectivity index (χ1) is 14.3. The van der Waals surface area contributed by atoms with Gasteiger partial charge in [-0.15, -0.1) is 0 Å². The van der Waals surface area contributed by atoms with Crippen LogP contribution in [0.5, 0.6) is 0 Å². The van der Waals surface area contributed by atoms with Crippen LogP contribution in [0.2, 0.25) is 0 Å². The summed E-state index contributed by atoms with van der Waals surface area (Å²) in [7, 11) is -3.49. The van der Waals surface area contributed by atoms with E-state index in [0.717, 1.165) is 28.4 Å². The fourth-order valence-corrected chi connectivity index (χ4v) is 5.56. The first-order valence-corrected chi connectivity index (χ1v) is 12.4. The lowest BCUT2D eigenvalue weighted by molar-refractivity contribution is -0.123. The van der Waals surface area contributed by atoms with Crippen molar-refractivity contribution in [1.82, 2.24) is 14.5 Å². The van der Waals surface area contributed by atoms with Crippen LogP contribution in [0.1, 0.15) is 24.0 Å². The van der Waals surface area contributed by atoms with E-state index in [1.54, 1.807) is 12.1 Å². The number of halogens is 1. The third-order valence-corrected chi connectivity index (χ3v) is 8.32. The average Bonchev–Trinajstić information content (AvgIpc) is 3.49. The van der Waals surface area contributed by atoms with Gasteiger partial charge in [0.1, 0.15) is 0 Å². The second-order valence-electron chi connectivity index (χ2n) is 8.13. The molecule has 6 nitrogen and oxygen atoms in total. The lowest BCUT2D eigenvalue weighted by atomic mass is 10.1. The molecule has 4 rings (SSSR count). The molecule has 0 spiro atoms. The molecule has 1 heterocycles. The number of hydrogen-bond acceptors (Lipinski definition) is 4. The lowest BCUT2D eigenvalue weighted by Crippen LogP contribution is -2.51. The molecule has 0 atom stereocenters. The maximum Gasteiger partial charge on any atom is 0.243 e. The zero-order valence-electron chi connectivity index (χ0n) is 17.0. The van der Waals surface area contributed by atoms with Gasteiger partial charge in [-0.3, -0.25) is 9.69 Å². The van der Waals surface area contributed by atoms with E-state index in [9.17, 15) is 13.2 Å². The minimum atomic E-state index is -3.49. The number of carbonyl (C=O) groups excluding carboxylic acids is 1. The van der Waals surface area contributed by atoms with E-state index in [2.05, 4.69) is 21.2 Å². The number of aryl methyl sites for hydroxylation is 1. The number of nitrogens with zero attached hydrogens (tertiary/aromatic N) is 2. The predicted octanol–water partition coefficient (Wildman–Crippen LogP) is 2.87. The van der Waals surface area contributed by atoms with Gasteiger partial charge >= 0.3 is 0 Å². The molecular weight excluding hydrogens is 466 g/mol. The Balaban J connectivity index is 1.31. The molecule has 0 bridgehead atoms. The van der Waals surface area contributed by atoms with Crippen molar-refractivity contribution < 1.29 is 13.2 Å². The van der Waals surface area contributed by atoms with Crippen LogP contribution in [0.25, 0.3) is 0 Å². The first-order valence-electron chi connectivity index (χ1n) is 10.1. The van der Waals surface area contributed by atoms with Crippen LogP contribution < -0.4 is 5.32 Å². The fraction of sp³-hybridized carbons (Fsp3) is 0.409. The van der Waals surface area contributed by atoms with Crippen molar-refractivity contribution in [3.63, 3.8) is 0 Å². The molecule has 2 aromatic carbocycles. The summed E-state index contributed by atoms with van der Waals surface area (Å²) in [5.74, 6) is -0.00902. The zero-order valence-corrected chi connectivity index (χ0v) is 19.4. The van der Waals surface area contributed by atoms with Crippen molar-refractivity contribution in [3.05, 3.63) is 64.1 Å². The van der Waals surface area contributed by atoms with E-state index in [1.165, 1.54) is 4.31 Å². The second-order valence-corrected chi connectivity index (χ2v) is 11.0. The smallest absolute Gasteiger partial charge is 0.243 e. The average molecular weight is 492 g/mol. The van der Waals surface area contributed by atoms with Crippen molar-refractivity contribution in [2.24, 2.45) is 0 Å². The van der Waals surface area contributed by atoms with Gasteiger partial charge in [0.25, 0.3) is 0 Å². The molecule has 1 amide bonds. The molecule has 2 aromatic rings. The van der Waals surface area contributed by atoms with Gasteiger partial charge in [0.15, 0.2) is 0 Å². The SMILES string of the molecule is Cc1ccc(S(=O)(=O)N2CCN(CC(=O)NC3(c4ccc(Br)cc4)CC3)CC2)cc1. The predicted molar refractivity (Wildman–Crippen MR) is 120 cm³/mol. The second kappa shape index (κ2) is 8.42. The maximum atomic E-state index is 12.8. The van der Waals surface area contributed by atoms with Crippen molar-refractivity contribution in [2.75, 3.05) is 32.7 Å². The van der Waals surface area contributed by atoms with Crippen LogP contribution in [0.15, 0.2) is 57.9 Å². The third kappa shape index (κ3) is 4.61. The van der Waals surface area contributed by atoms with Gasteiger partial charge < -0.3 is 5.32 Å². The summed E-state index contributed by atoms with van der Waals surface area (Å²) in [5.41, 5.74) is 1.92. The Morgan fingerprint density at radius 3 is 2.17 bits per heavy atom. The van der Waals surface area contributed by atoms with E-state index < -0.39 is 10.0 Å². The number of rotatable bonds is 6. The van der Waals surface area contributed by atoms with Crippen molar-refractivity contribution >= 4 is 31.9 Å². The van der Waals surface area contributed by atoms with E-state index >= 15 is 0 Å². The Labute approximate surface area is 186 Å². The van der Waals surface area contributed by atoms with Crippen LogP contribution in [-0.4, -0.2) is 56.3 Å². The monoisotopic (exact) mass is 491 g/mol. The Hall–Kier alpha value is -1.74. The zero-order chi connectivity index (χ0) is 21.4. The molecule has 1 saturated carbocycles. The summed E-state index contributed by atoms with van der Waals surface area (Å²) < 4.78 is 28.2. The summed E-state index contributed by atoms with van der Waals surface area (Å²) in [6.07, 6.45) is 1.89. The van der Waals surface area contributed by atoms with E-state index in [0.29, 0.717) is 31.1 Å². The first kappa shape index (κ1) is 21.5. The fourth-order valence-electron chi connectivity index (χ4n) is 3.88. The third-order valence-electron chi connectivity index (χ3n) is 5.88. The molecular formula is C22H26BrN3O3S. The number of benzene rings is 2. The van der Waals surface area contributed by atoms with Gasteiger partial charge in [0.2, 0.25) is 15.9 Å². The Kier molecular flexibility index (Phi) is 6.03. The van der Waals surface area contributed by atoms with Crippen LogP contribution in [0.3, 0.4) is 0 Å². The lowest BCUT2D eigenvalue weighted by Gasteiger charge is -2.34. The number of nitrogens with one attached hydrogen (secondary N) is 1. The molecule has 160 valence electrons. The van der Waals surface area contributed by atoms with Gasteiger partial charge in [-0.05, 0) is 49.6 Å².